The molecule has 0 aliphatic rings. The largest absolute Gasteiger partial charge is 0.351 e. The number of hydrogen-bond acceptors (Lipinski definition) is 3. The quantitative estimate of drug-likeness (QED) is 0.348. The van der Waals surface area contributed by atoms with E-state index in [-0.39, 0.29) is 11.4 Å². The van der Waals surface area contributed by atoms with E-state index in [4.69, 9.17) is 5.73 Å². The fraction of sp³-hybridized carbons (Fsp3) is 0.950. The van der Waals surface area contributed by atoms with Crippen LogP contribution in [0.1, 0.15) is 97.8 Å². The lowest BCUT2D eigenvalue weighted by molar-refractivity contribution is -0.122. The van der Waals surface area contributed by atoms with E-state index >= 15 is 0 Å². The third-order valence-electron chi connectivity index (χ3n) is 4.47. The van der Waals surface area contributed by atoms with Gasteiger partial charge in [-0.2, -0.15) is 0 Å². The number of rotatable bonds is 17. The van der Waals surface area contributed by atoms with Crippen molar-refractivity contribution in [1.82, 2.24) is 10.6 Å². The topological polar surface area (TPSA) is 67.2 Å². The molecular formula is C20H43N3O. The lowest BCUT2D eigenvalue weighted by atomic mass is 9.95. The van der Waals surface area contributed by atoms with E-state index in [1.165, 1.54) is 57.8 Å². The minimum atomic E-state index is -0.0878. The average molecular weight is 342 g/mol. The highest BCUT2D eigenvalue weighted by molar-refractivity contribution is 5.76. The molecule has 0 spiro atoms. The molecule has 0 aliphatic carbocycles. The molecular weight excluding hydrogens is 298 g/mol. The van der Waals surface area contributed by atoms with Crippen LogP contribution >= 0.6 is 0 Å². The number of amides is 1. The van der Waals surface area contributed by atoms with Gasteiger partial charge in [0.05, 0.1) is 0 Å². The van der Waals surface area contributed by atoms with Crippen molar-refractivity contribution in [1.29, 1.82) is 0 Å². The molecule has 4 heteroatoms. The first kappa shape index (κ1) is 23.4. The second-order valence-electron chi connectivity index (χ2n) is 7.65. The zero-order chi connectivity index (χ0) is 18.1. The van der Waals surface area contributed by atoms with Crippen molar-refractivity contribution in [2.45, 2.75) is 103 Å². The van der Waals surface area contributed by atoms with Gasteiger partial charge < -0.3 is 16.4 Å². The summed E-state index contributed by atoms with van der Waals surface area (Å²) in [6.07, 6.45) is 14.7. The SMILES string of the molecule is CCCCCCCCCCCC(C)(C)NC(=O)CCNCCCN. The van der Waals surface area contributed by atoms with Crippen LogP contribution in [0.15, 0.2) is 0 Å². The first-order valence-corrected chi connectivity index (χ1v) is 10.2. The Kier molecular flexibility index (Phi) is 15.5. The average Bonchev–Trinajstić information content (AvgIpc) is 2.52. The minimum absolute atomic E-state index is 0.0878. The zero-order valence-electron chi connectivity index (χ0n) is 16.6. The van der Waals surface area contributed by atoms with Crippen molar-refractivity contribution in [2.24, 2.45) is 5.73 Å². The normalized spacial score (nSPS) is 11.7. The summed E-state index contributed by atoms with van der Waals surface area (Å²) >= 11 is 0. The van der Waals surface area contributed by atoms with Crippen molar-refractivity contribution < 1.29 is 4.79 Å². The van der Waals surface area contributed by atoms with Gasteiger partial charge in [-0.15, -0.1) is 0 Å². The highest BCUT2D eigenvalue weighted by Crippen LogP contribution is 2.16. The summed E-state index contributed by atoms with van der Waals surface area (Å²) in [5, 5.41) is 6.42. The first-order valence-electron chi connectivity index (χ1n) is 10.2. The maximum atomic E-state index is 12.0. The number of carbonyl (C=O) groups is 1. The summed E-state index contributed by atoms with van der Waals surface area (Å²) in [5.41, 5.74) is 5.35. The molecule has 24 heavy (non-hydrogen) atoms. The van der Waals surface area contributed by atoms with Crippen LogP contribution in [0, 0.1) is 0 Å². The summed E-state index contributed by atoms with van der Waals surface area (Å²) in [6.45, 7) is 8.87. The van der Waals surface area contributed by atoms with Gasteiger partial charge in [0.2, 0.25) is 5.91 Å². The predicted molar refractivity (Wildman–Crippen MR) is 105 cm³/mol. The number of nitrogens with two attached hydrogens (primary N) is 1. The molecule has 4 nitrogen and oxygen atoms in total. The van der Waals surface area contributed by atoms with E-state index in [1.54, 1.807) is 0 Å². The molecule has 0 unspecified atom stereocenters. The highest BCUT2D eigenvalue weighted by Gasteiger charge is 2.19. The lowest BCUT2D eigenvalue weighted by Crippen LogP contribution is -2.44. The molecule has 4 N–H and O–H groups in total. The van der Waals surface area contributed by atoms with E-state index in [0.29, 0.717) is 13.0 Å². The van der Waals surface area contributed by atoms with E-state index in [9.17, 15) is 4.79 Å². The molecule has 0 aromatic heterocycles. The zero-order valence-corrected chi connectivity index (χ0v) is 16.6. The van der Waals surface area contributed by atoms with Gasteiger partial charge in [0.25, 0.3) is 0 Å². The second-order valence-corrected chi connectivity index (χ2v) is 7.65. The molecule has 0 rings (SSSR count). The fourth-order valence-corrected chi connectivity index (χ4v) is 2.93. The Hall–Kier alpha value is -0.610. The lowest BCUT2D eigenvalue weighted by Gasteiger charge is -2.26. The van der Waals surface area contributed by atoms with Gasteiger partial charge in [-0.3, -0.25) is 4.79 Å². The third-order valence-corrected chi connectivity index (χ3v) is 4.47. The molecule has 0 saturated heterocycles. The van der Waals surface area contributed by atoms with Gasteiger partial charge in [0.1, 0.15) is 0 Å². The van der Waals surface area contributed by atoms with Gasteiger partial charge in [0, 0.05) is 18.5 Å². The van der Waals surface area contributed by atoms with Gasteiger partial charge in [-0.05, 0) is 39.8 Å². The van der Waals surface area contributed by atoms with Gasteiger partial charge in [0.15, 0.2) is 0 Å². The Morgan fingerprint density at radius 3 is 2.04 bits per heavy atom. The Morgan fingerprint density at radius 1 is 0.875 bits per heavy atom. The summed E-state index contributed by atoms with van der Waals surface area (Å²) < 4.78 is 0. The maximum absolute atomic E-state index is 12.0. The van der Waals surface area contributed by atoms with E-state index in [0.717, 1.165) is 25.9 Å². The minimum Gasteiger partial charge on any atom is -0.351 e. The fourth-order valence-electron chi connectivity index (χ4n) is 2.93. The summed E-state index contributed by atoms with van der Waals surface area (Å²) in [4.78, 5) is 12.0. The van der Waals surface area contributed by atoms with E-state index < -0.39 is 0 Å². The monoisotopic (exact) mass is 341 g/mol. The molecule has 0 atom stereocenters. The molecule has 0 aromatic rings. The predicted octanol–water partition coefficient (Wildman–Crippen LogP) is 4.13. The summed E-state index contributed by atoms with van der Waals surface area (Å²) in [7, 11) is 0. The molecule has 0 fully saturated rings. The molecule has 0 bridgehead atoms. The Labute approximate surface area is 150 Å². The maximum Gasteiger partial charge on any atom is 0.221 e. The first-order chi connectivity index (χ1) is 11.5. The Balaban J connectivity index is 3.54. The van der Waals surface area contributed by atoms with E-state index in [1.807, 2.05) is 0 Å². The van der Waals surface area contributed by atoms with Crippen molar-refractivity contribution in [2.75, 3.05) is 19.6 Å². The number of hydrogen-bond donors (Lipinski definition) is 3. The van der Waals surface area contributed by atoms with Gasteiger partial charge in [-0.25, -0.2) is 0 Å². The second kappa shape index (κ2) is 15.9. The van der Waals surface area contributed by atoms with Gasteiger partial charge in [-0.1, -0.05) is 64.7 Å². The Morgan fingerprint density at radius 2 is 1.46 bits per heavy atom. The highest BCUT2D eigenvalue weighted by atomic mass is 16.1. The van der Waals surface area contributed by atoms with Crippen molar-refractivity contribution >= 4 is 5.91 Å². The molecule has 0 heterocycles. The van der Waals surface area contributed by atoms with Crippen LogP contribution in [-0.2, 0) is 4.79 Å². The summed E-state index contributed by atoms with van der Waals surface area (Å²) in [6, 6.07) is 0. The molecule has 0 aliphatic heterocycles. The molecule has 0 saturated carbocycles. The van der Waals surface area contributed by atoms with Crippen LogP contribution in [-0.4, -0.2) is 31.1 Å². The summed E-state index contributed by atoms with van der Waals surface area (Å²) in [5.74, 6) is 0.149. The number of nitrogens with one attached hydrogen (secondary N) is 2. The smallest absolute Gasteiger partial charge is 0.221 e. The van der Waals surface area contributed by atoms with Crippen LogP contribution < -0.4 is 16.4 Å². The van der Waals surface area contributed by atoms with Crippen LogP contribution in [0.25, 0.3) is 0 Å². The molecule has 0 radical (unpaired) electrons. The third kappa shape index (κ3) is 16.3. The van der Waals surface area contributed by atoms with Crippen LogP contribution in [0.5, 0.6) is 0 Å². The van der Waals surface area contributed by atoms with Crippen molar-refractivity contribution in [3.8, 4) is 0 Å². The molecule has 144 valence electrons. The van der Waals surface area contributed by atoms with Gasteiger partial charge >= 0.3 is 0 Å². The molecule has 1 amide bonds. The van der Waals surface area contributed by atoms with Crippen LogP contribution in [0.2, 0.25) is 0 Å². The van der Waals surface area contributed by atoms with Crippen LogP contribution in [0.3, 0.4) is 0 Å². The standard InChI is InChI=1S/C20H43N3O/c1-4-5-6-7-8-9-10-11-12-15-20(2,3)23-19(24)14-18-22-17-13-16-21/h22H,4-18,21H2,1-3H3,(H,23,24). The van der Waals surface area contributed by atoms with Crippen molar-refractivity contribution in [3.05, 3.63) is 0 Å². The molecule has 0 aromatic carbocycles. The number of unbranched alkanes of at least 4 members (excludes halogenated alkanes) is 8. The van der Waals surface area contributed by atoms with Crippen LogP contribution in [0.4, 0.5) is 0 Å². The van der Waals surface area contributed by atoms with Crippen molar-refractivity contribution in [3.63, 3.8) is 0 Å². The Bertz CT molecular complexity index is 293. The van der Waals surface area contributed by atoms with E-state index in [2.05, 4.69) is 31.4 Å². The number of carbonyl (C=O) groups excluding carboxylic acids is 1.